The van der Waals surface area contributed by atoms with Gasteiger partial charge in [-0.3, -0.25) is 0 Å². The Bertz CT molecular complexity index is 5580. The zero-order valence-electron chi connectivity index (χ0n) is 50.1. The standard InChI is InChI=1S/C86H64/c1-45(2)51-23-15-24-52(46(3)4)77(51)59-31-33-61-65-36-38-68-72-44-74-73(43-71(72)67-37-35-63(81(65)83(67)68)57-29-17-27-55(59)79(57)61)75(49-19-11-9-12-20-49)85-69-41-39-64-58-30-18-28-56-60(78-53(47(5)6)25-16-26-54(78)48(7)8)32-34-62(80(56)58)66-40-42-70(84(69)82(64)66)86(85)76(74)50-21-13-10-14-22-50/h9-48H,1-8H3. The molecular weight excluding hydrogens is 1030 g/mol. The van der Waals surface area contributed by atoms with Crippen molar-refractivity contribution in [2.75, 3.05) is 0 Å². The van der Waals surface area contributed by atoms with Crippen molar-refractivity contribution in [1.82, 2.24) is 0 Å². The highest BCUT2D eigenvalue weighted by Crippen LogP contribution is 2.57. The predicted molar refractivity (Wildman–Crippen MR) is 377 cm³/mol. The Morgan fingerprint density at radius 2 is 0.442 bits per heavy atom. The average Bonchev–Trinajstić information content (AvgIpc) is 1.46. The summed E-state index contributed by atoms with van der Waals surface area (Å²) in [5.41, 5.74) is 16.3. The minimum absolute atomic E-state index is 0.399. The van der Waals surface area contributed by atoms with E-state index in [1.807, 2.05) is 0 Å². The molecular formula is C86H64. The van der Waals surface area contributed by atoms with Gasteiger partial charge in [0.15, 0.2) is 0 Å². The minimum Gasteiger partial charge on any atom is -0.0622 e. The summed E-state index contributed by atoms with van der Waals surface area (Å²) >= 11 is 0. The molecule has 0 atom stereocenters. The molecule has 0 aromatic heterocycles. The molecule has 408 valence electrons. The molecule has 18 aromatic carbocycles. The lowest BCUT2D eigenvalue weighted by molar-refractivity contribution is 0.838. The van der Waals surface area contributed by atoms with Crippen LogP contribution in [-0.2, 0) is 0 Å². The smallest absolute Gasteiger partial charge is 0.000740 e. The lowest BCUT2D eigenvalue weighted by Gasteiger charge is -2.23. The van der Waals surface area contributed by atoms with Crippen molar-refractivity contribution in [3.8, 4) is 44.5 Å². The van der Waals surface area contributed by atoms with Gasteiger partial charge >= 0.3 is 0 Å². The topological polar surface area (TPSA) is 0 Å². The van der Waals surface area contributed by atoms with Crippen molar-refractivity contribution < 1.29 is 0 Å². The monoisotopic (exact) mass is 1100 g/mol. The molecule has 0 saturated heterocycles. The summed E-state index contributed by atoms with van der Waals surface area (Å²) in [6.45, 7) is 18.7. The van der Waals surface area contributed by atoms with Crippen LogP contribution in [0.1, 0.15) is 101 Å². The molecule has 0 saturated carbocycles. The van der Waals surface area contributed by atoms with E-state index in [9.17, 15) is 0 Å². The van der Waals surface area contributed by atoms with Crippen LogP contribution in [-0.4, -0.2) is 0 Å². The first kappa shape index (κ1) is 49.8. The lowest BCUT2D eigenvalue weighted by Crippen LogP contribution is -2.00. The second-order valence-electron chi connectivity index (χ2n) is 26.3. The highest BCUT2D eigenvalue weighted by Gasteiger charge is 2.29. The molecule has 0 aliphatic rings. The van der Waals surface area contributed by atoms with Crippen LogP contribution in [0.2, 0.25) is 0 Å². The summed E-state index contributed by atoms with van der Waals surface area (Å²) in [5, 5.41) is 34.6. The van der Waals surface area contributed by atoms with Crippen LogP contribution in [0.5, 0.6) is 0 Å². The van der Waals surface area contributed by atoms with Gasteiger partial charge in [-0.15, -0.1) is 0 Å². The Morgan fingerprint density at radius 3 is 0.791 bits per heavy atom. The molecule has 0 aliphatic heterocycles. The van der Waals surface area contributed by atoms with Crippen LogP contribution >= 0.6 is 0 Å². The Kier molecular flexibility index (Phi) is 10.4. The van der Waals surface area contributed by atoms with Gasteiger partial charge in [0.25, 0.3) is 0 Å². The molecule has 0 unspecified atom stereocenters. The van der Waals surface area contributed by atoms with Crippen LogP contribution in [0.3, 0.4) is 0 Å². The molecule has 86 heavy (non-hydrogen) atoms. The number of hydrogen-bond acceptors (Lipinski definition) is 0. The second kappa shape index (κ2) is 18.0. The predicted octanol–water partition coefficient (Wildman–Crippen LogP) is 25.6. The van der Waals surface area contributed by atoms with Crippen molar-refractivity contribution >= 4 is 140 Å². The minimum atomic E-state index is 0.399. The second-order valence-corrected chi connectivity index (χ2v) is 26.3. The molecule has 0 heterocycles. The first-order chi connectivity index (χ1) is 42.0. The van der Waals surface area contributed by atoms with E-state index in [2.05, 4.69) is 274 Å². The molecule has 0 heteroatoms. The number of hydrogen-bond donors (Lipinski definition) is 0. The van der Waals surface area contributed by atoms with Gasteiger partial charge < -0.3 is 0 Å². The van der Waals surface area contributed by atoms with Gasteiger partial charge in [-0.1, -0.05) is 262 Å². The maximum absolute atomic E-state index is 2.60. The van der Waals surface area contributed by atoms with E-state index in [4.69, 9.17) is 0 Å². The van der Waals surface area contributed by atoms with E-state index in [0.717, 1.165) is 0 Å². The molecule has 18 aromatic rings. The summed E-state index contributed by atoms with van der Waals surface area (Å²) in [6.07, 6.45) is 0. The van der Waals surface area contributed by atoms with Gasteiger partial charge in [0.2, 0.25) is 0 Å². The molecule has 18 rings (SSSR count). The Balaban J connectivity index is 0.946. The Labute approximate surface area is 501 Å². The lowest BCUT2D eigenvalue weighted by atomic mass is 9.81. The van der Waals surface area contributed by atoms with Gasteiger partial charge in [0.1, 0.15) is 0 Å². The SMILES string of the molecule is CC(C)c1cccc(C(C)C)c1-c1ccc2c3ccc4c5cc6c(-c7ccccc7)c7c8ccc9c%10ccc(-c%11c(C(C)C)cccc%11C(C)C)c%11cccc(c%12ccc(c7c(-c7ccccc7)c6cc5c5ccc(c6cccc1c62)c3c54)c8c%129)c%11%10. The van der Waals surface area contributed by atoms with Crippen LogP contribution in [0, 0.1) is 0 Å². The third-order valence-electron chi connectivity index (χ3n) is 20.5. The van der Waals surface area contributed by atoms with E-state index in [-0.39, 0.29) is 0 Å². The van der Waals surface area contributed by atoms with Gasteiger partial charge in [-0.05, 0) is 243 Å². The average molecular weight is 1100 g/mol. The van der Waals surface area contributed by atoms with Crippen LogP contribution in [0.15, 0.2) is 218 Å². The first-order valence-electron chi connectivity index (χ1n) is 31.4. The van der Waals surface area contributed by atoms with Gasteiger partial charge in [0.05, 0.1) is 0 Å². The summed E-state index contributed by atoms with van der Waals surface area (Å²) in [5.74, 6) is 1.61. The highest BCUT2D eigenvalue weighted by atomic mass is 14.3. The Morgan fingerprint density at radius 1 is 0.174 bits per heavy atom. The fourth-order valence-corrected chi connectivity index (χ4v) is 17.0. The largest absolute Gasteiger partial charge is 0.0622 e. The summed E-state index contributed by atoms with van der Waals surface area (Å²) in [4.78, 5) is 0. The van der Waals surface area contributed by atoms with Crippen LogP contribution in [0.4, 0.5) is 0 Å². The molecule has 0 radical (unpaired) electrons. The van der Waals surface area contributed by atoms with Crippen LogP contribution < -0.4 is 0 Å². The molecule has 0 aliphatic carbocycles. The third kappa shape index (κ3) is 6.49. The fourth-order valence-electron chi connectivity index (χ4n) is 17.0. The van der Waals surface area contributed by atoms with E-state index in [1.54, 1.807) is 0 Å². The first-order valence-corrected chi connectivity index (χ1v) is 31.4. The quantitative estimate of drug-likeness (QED) is 0.105. The van der Waals surface area contributed by atoms with Crippen molar-refractivity contribution in [2.45, 2.75) is 79.1 Å². The van der Waals surface area contributed by atoms with E-state index < -0.39 is 0 Å². The normalized spacial score (nSPS) is 12.8. The molecule has 0 nitrogen and oxygen atoms in total. The van der Waals surface area contributed by atoms with Gasteiger partial charge in [-0.25, -0.2) is 0 Å². The summed E-state index contributed by atoms with van der Waals surface area (Å²) in [7, 11) is 0. The third-order valence-corrected chi connectivity index (χ3v) is 20.5. The van der Waals surface area contributed by atoms with Crippen molar-refractivity contribution in [3.05, 3.63) is 241 Å². The Hall–Kier alpha value is -9.62. The summed E-state index contributed by atoms with van der Waals surface area (Å²) < 4.78 is 0. The molecule has 0 bridgehead atoms. The maximum Gasteiger partial charge on any atom is -0.000740 e. The highest BCUT2D eigenvalue weighted by molar-refractivity contribution is 6.48. The van der Waals surface area contributed by atoms with Crippen molar-refractivity contribution in [2.24, 2.45) is 0 Å². The van der Waals surface area contributed by atoms with E-state index >= 15 is 0 Å². The number of benzene rings is 16. The fraction of sp³-hybridized carbons (Fsp3) is 0.140. The number of fused-ring (bicyclic) bond motifs is 11. The summed E-state index contributed by atoms with van der Waals surface area (Å²) in [6, 6.07) is 85.4. The van der Waals surface area contributed by atoms with Crippen LogP contribution in [0.25, 0.3) is 185 Å². The number of rotatable bonds is 8. The van der Waals surface area contributed by atoms with Crippen molar-refractivity contribution in [1.29, 1.82) is 0 Å². The molecule has 0 spiro atoms. The maximum atomic E-state index is 2.60. The van der Waals surface area contributed by atoms with Crippen molar-refractivity contribution in [3.63, 3.8) is 0 Å². The molecule has 0 N–H and O–H groups in total. The van der Waals surface area contributed by atoms with E-state index in [1.165, 1.54) is 207 Å². The molecule has 0 fully saturated rings. The zero-order valence-corrected chi connectivity index (χ0v) is 50.1. The zero-order chi connectivity index (χ0) is 57.7. The van der Waals surface area contributed by atoms with Gasteiger partial charge in [0, 0.05) is 0 Å². The van der Waals surface area contributed by atoms with E-state index in [0.29, 0.717) is 23.7 Å². The molecule has 0 amide bonds. The van der Waals surface area contributed by atoms with Gasteiger partial charge in [-0.2, -0.15) is 0 Å².